The number of nitrogens with zero attached hydrogens (tertiary/aromatic N) is 3. The van der Waals surface area contributed by atoms with E-state index in [1.807, 2.05) is 13.0 Å². The van der Waals surface area contributed by atoms with Gasteiger partial charge in [0.25, 0.3) is 0 Å². The third-order valence-electron chi connectivity index (χ3n) is 6.29. The molecule has 0 spiro atoms. The zero-order valence-electron chi connectivity index (χ0n) is 20.2. The Hall–Kier alpha value is -2.48. The van der Waals surface area contributed by atoms with Crippen LogP contribution in [0.1, 0.15) is 81.3 Å². The first-order chi connectivity index (χ1) is 15.6. The Morgan fingerprint density at radius 2 is 1.85 bits per heavy atom. The summed E-state index contributed by atoms with van der Waals surface area (Å²) in [5.74, 6) is 0.153. The van der Waals surface area contributed by atoms with Crippen LogP contribution in [0.15, 0.2) is 24.8 Å². The number of hydrogen-bond donors (Lipinski definition) is 1. The lowest BCUT2D eigenvalue weighted by molar-refractivity contribution is -0.124. The summed E-state index contributed by atoms with van der Waals surface area (Å²) in [6, 6.07) is 1.68. The van der Waals surface area contributed by atoms with E-state index < -0.39 is 5.97 Å². The van der Waals surface area contributed by atoms with Crippen LogP contribution in [0.4, 0.5) is 5.69 Å². The van der Waals surface area contributed by atoms with E-state index in [2.05, 4.69) is 37.7 Å². The van der Waals surface area contributed by atoms with Crippen molar-refractivity contribution in [2.45, 2.75) is 78.2 Å². The van der Waals surface area contributed by atoms with E-state index in [1.54, 1.807) is 17.3 Å². The molecular formula is C25H35N3O4S. The Balaban J connectivity index is 1.89. The minimum atomic E-state index is -0.995. The fourth-order valence-corrected chi connectivity index (χ4v) is 5.24. The molecule has 1 saturated carbocycles. The number of aromatic carboxylic acids is 1. The van der Waals surface area contributed by atoms with E-state index in [9.17, 15) is 14.7 Å². The molecule has 1 amide bonds. The molecule has 1 fully saturated rings. The van der Waals surface area contributed by atoms with Gasteiger partial charge in [-0.1, -0.05) is 27.7 Å². The molecule has 0 unspecified atom stereocenters. The number of hydrogen-bond acceptors (Lipinski definition) is 6. The lowest BCUT2D eigenvalue weighted by Gasteiger charge is -2.35. The first-order valence-corrected chi connectivity index (χ1v) is 12.5. The van der Waals surface area contributed by atoms with Crippen LogP contribution in [0, 0.1) is 11.8 Å². The molecule has 1 aliphatic rings. The monoisotopic (exact) mass is 473 g/mol. The van der Waals surface area contributed by atoms with E-state index in [-0.39, 0.29) is 28.2 Å². The first-order valence-electron chi connectivity index (χ1n) is 11.7. The predicted octanol–water partition coefficient (Wildman–Crippen LogP) is 5.55. The van der Waals surface area contributed by atoms with Crippen molar-refractivity contribution in [3.05, 3.63) is 34.5 Å². The van der Waals surface area contributed by atoms with Gasteiger partial charge in [0.15, 0.2) is 5.75 Å². The number of aromatic nitrogens is 2. The molecular weight excluding hydrogens is 438 g/mol. The minimum absolute atomic E-state index is 0.0261. The van der Waals surface area contributed by atoms with Crippen LogP contribution < -0.4 is 9.64 Å². The first kappa shape index (κ1) is 25.1. The highest BCUT2D eigenvalue weighted by molar-refractivity contribution is 7.14. The van der Waals surface area contributed by atoms with Gasteiger partial charge in [-0.05, 0) is 50.0 Å². The number of carboxylic acid groups (broad SMARTS) is 1. The van der Waals surface area contributed by atoms with Crippen molar-refractivity contribution in [2.24, 2.45) is 11.8 Å². The second kappa shape index (κ2) is 10.6. The largest absolute Gasteiger partial charge is 0.490 e. The molecule has 1 aliphatic carbocycles. The normalized spacial score (nSPS) is 19.7. The van der Waals surface area contributed by atoms with Gasteiger partial charge < -0.3 is 14.7 Å². The van der Waals surface area contributed by atoms with Crippen molar-refractivity contribution < 1.29 is 19.4 Å². The molecule has 2 heterocycles. The molecule has 180 valence electrons. The molecule has 8 heteroatoms. The molecule has 3 rings (SSSR count). The van der Waals surface area contributed by atoms with Gasteiger partial charge in [0.2, 0.25) is 5.91 Å². The third kappa shape index (κ3) is 6.31. The number of carboxylic acids is 1. The highest BCUT2D eigenvalue weighted by atomic mass is 32.1. The molecule has 33 heavy (non-hydrogen) atoms. The van der Waals surface area contributed by atoms with Crippen molar-refractivity contribution in [2.75, 3.05) is 11.5 Å². The molecule has 0 bridgehead atoms. The fourth-order valence-electron chi connectivity index (χ4n) is 4.20. The number of rotatable bonds is 8. The third-order valence-corrected chi connectivity index (χ3v) is 7.83. The topological polar surface area (TPSA) is 92.6 Å². The Labute approximate surface area is 200 Å². The van der Waals surface area contributed by atoms with Gasteiger partial charge in [-0.15, -0.1) is 11.3 Å². The number of anilines is 1. The number of thiophene rings is 1. The molecule has 7 nitrogen and oxygen atoms in total. The zero-order valence-corrected chi connectivity index (χ0v) is 21.0. The highest BCUT2D eigenvalue weighted by Gasteiger charge is 2.35. The standard InChI is InChI=1S/C25H35N3O4S/c1-16-6-8-18(9-7-16)23(29)28(17(2)10-11-32-19-13-26-15-27-14-19)20-12-21(25(3,4)5)33-22(20)24(30)31/h12-18H,6-11H2,1-5H3,(H,30,31)/t16?,17-,18?/m0/s1. The summed E-state index contributed by atoms with van der Waals surface area (Å²) in [4.78, 5) is 36.8. The van der Waals surface area contributed by atoms with E-state index in [0.29, 0.717) is 30.4 Å². The van der Waals surface area contributed by atoms with Crippen LogP contribution in [-0.4, -0.2) is 39.6 Å². The second-order valence-electron chi connectivity index (χ2n) is 10.1. The van der Waals surface area contributed by atoms with Crippen LogP contribution in [-0.2, 0) is 10.2 Å². The molecule has 1 N–H and O–H groups in total. The Kier molecular flexibility index (Phi) is 8.10. The van der Waals surface area contributed by atoms with E-state index in [0.717, 1.165) is 30.6 Å². The maximum Gasteiger partial charge on any atom is 0.348 e. The van der Waals surface area contributed by atoms with E-state index >= 15 is 0 Å². The van der Waals surface area contributed by atoms with Gasteiger partial charge in [0, 0.05) is 23.3 Å². The van der Waals surface area contributed by atoms with Gasteiger partial charge in [-0.2, -0.15) is 0 Å². The van der Waals surface area contributed by atoms with Crippen molar-refractivity contribution in [3.8, 4) is 5.75 Å². The van der Waals surface area contributed by atoms with Gasteiger partial charge in [0.1, 0.15) is 11.2 Å². The number of carbonyl (C=O) groups is 2. The van der Waals surface area contributed by atoms with Crippen molar-refractivity contribution >= 4 is 28.9 Å². The summed E-state index contributed by atoms with van der Waals surface area (Å²) in [7, 11) is 0. The van der Waals surface area contributed by atoms with E-state index in [4.69, 9.17) is 4.74 Å². The van der Waals surface area contributed by atoms with Crippen LogP contribution in [0.25, 0.3) is 0 Å². The van der Waals surface area contributed by atoms with Crippen LogP contribution >= 0.6 is 11.3 Å². The van der Waals surface area contributed by atoms with Crippen LogP contribution in [0.2, 0.25) is 0 Å². The Bertz CT molecular complexity index is 946. The molecule has 2 aromatic rings. The average Bonchev–Trinajstić information content (AvgIpc) is 3.21. The summed E-state index contributed by atoms with van der Waals surface area (Å²) < 4.78 is 5.76. The van der Waals surface area contributed by atoms with Crippen molar-refractivity contribution in [1.29, 1.82) is 0 Å². The SMILES string of the molecule is CC1CCC(C(=O)N(c2cc(C(C)(C)C)sc2C(=O)O)[C@@H](C)CCOc2cncnc2)CC1. The zero-order chi connectivity index (χ0) is 24.2. The summed E-state index contributed by atoms with van der Waals surface area (Å²) in [5.41, 5.74) is 0.304. The highest BCUT2D eigenvalue weighted by Crippen LogP contribution is 2.40. The minimum Gasteiger partial charge on any atom is -0.490 e. The summed E-state index contributed by atoms with van der Waals surface area (Å²) in [5, 5.41) is 9.96. The predicted molar refractivity (Wildman–Crippen MR) is 130 cm³/mol. The number of ether oxygens (including phenoxy) is 1. The summed E-state index contributed by atoms with van der Waals surface area (Å²) in [6.07, 6.45) is 8.94. The molecule has 0 aliphatic heterocycles. The Morgan fingerprint density at radius 1 is 1.21 bits per heavy atom. The van der Waals surface area contributed by atoms with Gasteiger partial charge in [0.05, 0.1) is 24.7 Å². The second-order valence-corrected chi connectivity index (χ2v) is 11.2. The maximum atomic E-state index is 13.8. The number of carbonyl (C=O) groups excluding carboxylic acids is 1. The summed E-state index contributed by atoms with van der Waals surface area (Å²) in [6.45, 7) is 10.7. The maximum absolute atomic E-state index is 13.8. The smallest absolute Gasteiger partial charge is 0.348 e. The molecule has 2 aromatic heterocycles. The van der Waals surface area contributed by atoms with Crippen molar-refractivity contribution in [1.82, 2.24) is 9.97 Å². The van der Waals surface area contributed by atoms with Crippen LogP contribution in [0.5, 0.6) is 5.75 Å². The molecule has 0 aromatic carbocycles. The number of amides is 1. The van der Waals surface area contributed by atoms with Crippen molar-refractivity contribution in [3.63, 3.8) is 0 Å². The average molecular weight is 474 g/mol. The molecule has 0 saturated heterocycles. The fraction of sp³-hybridized carbons (Fsp3) is 0.600. The summed E-state index contributed by atoms with van der Waals surface area (Å²) >= 11 is 1.26. The van der Waals surface area contributed by atoms with E-state index in [1.165, 1.54) is 17.7 Å². The Morgan fingerprint density at radius 3 is 2.42 bits per heavy atom. The van der Waals surface area contributed by atoms with Gasteiger partial charge >= 0.3 is 5.97 Å². The quantitative estimate of drug-likeness (QED) is 0.540. The lowest BCUT2D eigenvalue weighted by Crippen LogP contribution is -2.44. The molecule has 1 atom stereocenters. The lowest BCUT2D eigenvalue weighted by atomic mass is 9.82. The van der Waals surface area contributed by atoms with Gasteiger partial charge in [-0.3, -0.25) is 4.79 Å². The van der Waals surface area contributed by atoms with Crippen LogP contribution in [0.3, 0.4) is 0 Å². The molecule has 0 radical (unpaired) electrons. The van der Waals surface area contributed by atoms with Gasteiger partial charge in [-0.25, -0.2) is 14.8 Å².